The van der Waals surface area contributed by atoms with Crippen molar-refractivity contribution in [2.24, 2.45) is 0 Å². The van der Waals surface area contributed by atoms with Crippen molar-refractivity contribution in [3.05, 3.63) is 119 Å². The summed E-state index contributed by atoms with van der Waals surface area (Å²) in [7, 11) is 0. The highest BCUT2D eigenvalue weighted by Crippen LogP contribution is 2.36. The van der Waals surface area contributed by atoms with Crippen molar-refractivity contribution in [1.82, 2.24) is 24.8 Å². The van der Waals surface area contributed by atoms with Gasteiger partial charge in [-0.3, -0.25) is 14.2 Å². The van der Waals surface area contributed by atoms with Crippen molar-refractivity contribution in [3.63, 3.8) is 0 Å². The van der Waals surface area contributed by atoms with Gasteiger partial charge in [0.05, 0.1) is 22.9 Å². The number of fused-ring (bicyclic) bond motifs is 2. The predicted molar refractivity (Wildman–Crippen MR) is 164 cm³/mol. The van der Waals surface area contributed by atoms with Crippen LogP contribution in [0.25, 0.3) is 39.5 Å². The van der Waals surface area contributed by atoms with E-state index in [1.165, 1.54) is 24.3 Å². The van der Waals surface area contributed by atoms with Gasteiger partial charge in [-0.15, -0.1) is 0 Å². The summed E-state index contributed by atoms with van der Waals surface area (Å²) >= 11 is 0. The van der Waals surface area contributed by atoms with Crippen LogP contribution in [0.2, 0.25) is 0 Å². The SMILES string of the molecule is Nc1ncccc1-c1nc2ccc(-c3ccccc3F)nc2n1-c1ccc2c(c1)CC[C@@H]2NC(=O)c1ccc(O)c(C=O)c1. The number of nitrogens with one attached hydrogen (secondary N) is 1. The number of amides is 1. The number of halogens is 1. The Morgan fingerprint density at radius 3 is 2.66 bits per heavy atom. The molecular weight excluding hydrogens is 559 g/mol. The summed E-state index contributed by atoms with van der Waals surface area (Å²) in [5.41, 5.74) is 12.1. The minimum atomic E-state index is -0.373. The quantitative estimate of drug-likeness (QED) is 0.210. The number of phenols is 1. The minimum Gasteiger partial charge on any atom is -0.507 e. The van der Waals surface area contributed by atoms with E-state index >= 15 is 0 Å². The molecule has 6 aromatic rings. The number of hydrogen-bond acceptors (Lipinski definition) is 7. The summed E-state index contributed by atoms with van der Waals surface area (Å²) < 4.78 is 16.6. The van der Waals surface area contributed by atoms with Gasteiger partial charge in [0, 0.05) is 23.0 Å². The lowest BCUT2D eigenvalue weighted by Crippen LogP contribution is -2.27. The number of pyridine rings is 2. The number of carbonyl (C=O) groups excluding carboxylic acids is 2. The van der Waals surface area contributed by atoms with Crippen LogP contribution >= 0.6 is 0 Å². The molecular formula is C34H25FN6O3. The molecule has 0 fully saturated rings. The number of nitrogens with zero attached hydrogens (tertiary/aromatic N) is 4. The van der Waals surface area contributed by atoms with E-state index in [0.717, 1.165) is 16.8 Å². The molecule has 0 saturated carbocycles. The van der Waals surface area contributed by atoms with Gasteiger partial charge in [-0.1, -0.05) is 18.2 Å². The van der Waals surface area contributed by atoms with E-state index in [9.17, 15) is 19.1 Å². The average molecular weight is 585 g/mol. The molecule has 0 radical (unpaired) electrons. The van der Waals surface area contributed by atoms with Crippen molar-refractivity contribution < 1.29 is 19.1 Å². The number of aromatic hydroxyl groups is 1. The Bertz CT molecular complexity index is 2110. The third-order valence-electron chi connectivity index (χ3n) is 7.92. The van der Waals surface area contributed by atoms with Crippen LogP contribution in [0.4, 0.5) is 10.2 Å². The number of aryl methyl sites for hydroxylation is 1. The number of aldehydes is 1. The van der Waals surface area contributed by atoms with Crippen molar-refractivity contribution in [2.75, 3.05) is 5.73 Å². The fourth-order valence-corrected chi connectivity index (χ4v) is 5.73. The Hall–Kier alpha value is -5.90. The number of rotatable bonds is 6. The monoisotopic (exact) mass is 584 g/mol. The zero-order valence-corrected chi connectivity index (χ0v) is 23.2. The first-order chi connectivity index (χ1) is 21.4. The van der Waals surface area contributed by atoms with E-state index in [1.807, 2.05) is 34.9 Å². The highest BCUT2D eigenvalue weighted by molar-refractivity contribution is 5.96. The molecule has 0 spiro atoms. The molecule has 7 rings (SSSR count). The Morgan fingerprint density at radius 2 is 1.84 bits per heavy atom. The summed E-state index contributed by atoms with van der Waals surface area (Å²) in [5, 5.41) is 12.8. The standard InChI is InChI=1S/C34H25FN6O3/c35-26-6-2-1-4-24(26)28-12-13-29-33(38-28)41(32(39-29)25-5-3-15-37-31(25)36)22-9-10-23-19(17-22)7-11-27(23)40-34(44)20-8-14-30(43)21(16-20)18-42/h1-6,8-10,12-18,27,43H,7,11H2,(H2,36,37)(H,40,44)/t27-/m0/s1. The largest absolute Gasteiger partial charge is 0.507 e. The second-order valence-corrected chi connectivity index (χ2v) is 10.6. The minimum absolute atomic E-state index is 0.0542. The van der Waals surface area contributed by atoms with E-state index in [-0.39, 0.29) is 34.6 Å². The molecule has 3 aromatic carbocycles. The number of carbonyl (C=O) groups is 2. The summed E-state index contributed by atoms with van der Waals surface area (Å²) in [4.78, 5) is 38.2. The predicted octanol–water partition coefficient (Wildman–Crippen LogP) is 5.81. The van der Waals surface area contributed by atoms with Crippen molar-refractivity contribution in [3.8, 4) is 34.1 Å². The lowest BCUT2D eigenvalue weighted by Gasteiger charge is -2.16. The first-order valence-corrected chi connectivity index (χ1v) is 14.0. The molecule has 216 valence electrons. The lowest BCUT2D eigenvalue weighted by molar-refractivity contribution is 0.0936. The van der Waals surface area contributed by atoms with E-state index in [1.54, 1.807) is 36.5 Å². The number of benzene rings is 3. The molecule has 9 nitrogen and oxygen atoms in total. The number of imidazole rings is 1. The smallest absolute Gasteiger partial charge is 0.251 e. The Labute approximate surface area is 250 Å². The van der Waals surface area contributed by atoms with Crippen LogP contribution in [0.15, 0.2) is 91.1 Å². The number of nitrogens with two attached hydrogens (primary N) is 1. The van der Waals surface area contributed by atoms with E-state index in [0.29, 0.717) is 58.8 Å². The molecule has 1 amide bonds. The van der Waals surface area contributed by atoms with Crippen molar-refractivity contribution >= 4 is 29.2 Å². The average Bonchev–Trinajstić information content (AvgIpc) is 3.62. The second-order valence-electron chi connectivity index (χ2n) is 10.6. The fraction of sp³-hybridized carbons (Fsp3) is 0.0882. The molecule has 1 aliphatic rings. The molecule has 3 aromatic heterocycles. The van der Waals surface area contributed by atoms with Crippen LogP contribution in [0.3, 0.4) is 0 Å². The van der Waals surface area contributed by atoms with Crippen LogP contribution in [0.1, 0.15) is 44.3 Å². The maximum atomic E-state index is 14.7. The highest BCUT2D eigenvalue weighted by Gasteiger charge is 2.26. The summed E-state index contributed by atoms with van der Waals surface area (Å²) in [5.74, 6) is -0.0262. The molecule has 0 saturated heterocycles. The number of anilines is 1. The van der Waals surface area contributed by atoms with Gasteiger partial charge in [0.15, 0.2) is 17.8 Å². The van der Waals surface area contributed by atoms with Gasteiger partial charge in [-0.05, 0) is 90.7 Å². The van der Waals surface area contributed by atoms with Gasteiger partial charge < -0.3 is 16.2 Å². The number of phenolic OH excluding ortho intramolecular Hbond substituents is 1. The normalized spacial score (nSPS) is 14.0. The second kappa shape index (κ2) is 10.7. The van der Waals surface area contributed by atoms with Crippen molar-refractivity contribution in [1.29, 1.82) is 0 Å². The van der Waals surface area contributed by atoms with Crippen molar-refractivity contribution in [2.45, 2.75) is 18.9 Å². The topological polar surface area (TPSA) is 136 Å². The third-order valence-corrected chi connectivity index (χ3v) is 7.92. The van der Waals surface area contributed by atoms with Crippen LogP contribution in [0.5, 0.6) is 5.75 Å². The van der Waals surface area contributed by atoms with Gasteiger partial charge in [0.2, 0.25) is 0 Å². The third kappa shape index (κ3) is 4.62. The number of aromatic nitrogens is 4. The number of hydrogen-bond donors (Lipinski definition) is 3. The Kier molecular flexibility index (Phi) is 6.58. The zero-order valence-electron chi connectivity index (χ0n) is 23.2. The van der Waals surface area contributed by atoms with Gasteiger partial charge in [-0.25, -0.2) is 19.3 Å². The molecule has 10 heteroatoms. The van der Waals surface area contributed by atoms with E-state index < -0.39 is 0 Å². The van der Waals surface area contributed by atoms with Crippen LogP contribution in [0, 0.1) is 5.82 Å². The molecule has 44 heavy (non-hydrogen) atoms. The van der Waals surface area contributed by atoms with Gasteiger partial charge in [-0.2, -0.15) is 0 Å². The van der Waals surface area contributed by atoms with Gasteiger partial charge >= 0.3 is 0 Å². The summed E-state index contributed by atoms with van der Waals surface area (Å²) in [6.07, 6.45) is 3.53. The maximum Gasteiger partial charge on any atom is 0.251 e. The molecule has 4 N–H and O–H groups in total. The number of nitrogen functional groups attached to an aromatic ring is 1. The molecule has 0 unspecified atom stereocenters. The maximum absolute atomic E-state index is 14.7. The summed E-state index contributed by atoms with van der Waals surface area (Å²) in [6.45, 7) is 0. The Morgan fingerprint density at radius 1 is 1.00 bits per heavy atom. The van der Waals surface area contributed by atoms with Crippen LogP contribution < -0.4 is 11.1 Å². The fourth-order valence-electron chi connectivity index (χ4n) is 5.73. The Balaban J connectivity index is 1.30. The highest BCUT2D eigenvalue weighted by atomic mass is 19.1. The molecule has 3 heterocycles. The van der Waals surface area contributed by atoms with E-state index in [4.69, 9.17) is 15.7 Å². The first-order valence-electron chi connectivity index (χ1n) is 14.0. The van der Waals surface area contributed by atoms with Crippen LogP contribution in [-0.4, -0.2) is 36.8 Å². The van der Waals surface area contributed by atoms with Gasteiger partial charge in [0.1, 0.15) is 22.9 Å². The zero-order chi connectivity index (χ0) is 30.4. The summed E-state index contributed by atoms with van der Waals surface area (Å²) in [6, 6.07) is 23.6. The first kappa shape index (κ1) is 27.0. The van der Waals surface area contributed by atoms with E-state index in [2.05, 4.69) is 10.3 Å². The molecule has 0 bridgehead atoms. The molecule has 1 aliphatic carbocycles. The molecule has 0 aliphatic heterocycles. The van der Waals surface area contributed by atoms with Crippen LogP contribution in [-0.2, 0) is 6.42 Å². The van der Waals surface area contributed by atoms with Gasteiger partial charge in [0.25, 0.3) is 5.91 Å². The molecule has 1 atom stereocenters. The lowest BCUT2D eigenvalue weighted by atomic mass is 10.1.